The third-order valence-corrected chi connectivity index (χ3v) is 8.39. The highest BCUT2D eigenvalue weighted by Crippen LogP contribution is 2.26. The van der Waals surface area contributed by atoms with Crippen molar-refractivity contribution in [3.05, 3.63) is 60.0 Å². The Hall–Kier alpha value is -2.89. The first-order valence-electron chi connectivity index (χ1n) is 10.8. The van der Waals surface area contributed by atoms with E-state index >= 15 is 0 Å². The average Bonchev–Trinajstić information content (AvgIpc) is 3.31. The van der Waals surface area contributed by atoms with E-state index in [-0.39, 0.29) is 35.8 Å². The van der Waals surface area contributed by atoms with E-state index < -0.39 is 10.0 Å². The molecule has 180 valence electrons. The average molecular weight is 503 g/mol. The van der Waals surface area contributed by atoms with Gasteiger partial charge in [0.2, 0.25) is 21.8 Å². The number of ether oxygens (including phenoxy) is 1. The maximum absolute atomic E-state index is 12.9. The van der Waals surface area contributed by atoms with Crippen LogP contribution in [-0.2, 0) is 21.2 Å². The highest BCUT2D eigenvalue weighted by atomic mass is 32.2. The number of anilines is 1. The van der Waals surface area contributed by atoms with Crippen LogP contribution in [0.25, 0.3) is 0 Å². The summed E-state index contributed by atoms with van der Waals surface area (Å²) in [6.45, 7) is 0.515. The molecule has 11 heteroatoms. The highest BCUT2D eigenvalue weighted by Gasteiger charge is 2.32. The van der Waals surface area contributed by atoms with Gasteiger partial charge in [-0.3, -0.25) is 10.1 Å². The Balaban J connectivity index is 1.30. The van der Waals surface area contributed by atoms with E-state index in [9.17, 15) is 13.2 Å². The zero-order valence-corrected chi connectivity index (χ0v) is 20.6. The first kappa shape index (κ1) is 24.2. The van der Waals surface area contributed by atoms with Gasteiger partial charge in [-0.2, -0.15) is 4.31 Å². The van der Waals surface area contributed by atoms with Crippen molar-refractivity contribution in [2.24, 2.45) is 5.92 Å². The van der Waals surface area contributed by atoms with Crippen LogP contribution in [0.2, 0.25) is 0 Å². The molecule has 0 radical (unpaired) electrons. The summed E-state index contributed by atoms with van der Waals surface area (Å²) < 4.78 is 37.9. The van der Waals surface area contributed by atoms with Crippen LogP contribution in [0.5, 0.6) is 5.75 Å². The number of hydrogen-bond acceptors (Lipinski definition) is 8. The number of piperidine rings is 1. The van der Waals surface area contributed by atoms with E-state index in [1.165, 1.54) is 28.4 Å². The summed E-state index contributed by atoms with van der Waals surface area (Å²) in [5.74, 6) is 0.414. The molecule has 1 aromatic heterocycles. The normalized spacial score (nSPS) is 15.2. The maximum atomic E-state index is 12.9. The molecule has 2 aromatic carbocycles. The number of aromatic nitrogens is 2. The predicted molar refractivity (Wildman–Crippen MR) is 128 cm³/mol. The summed E-state index contributed by atoms with van der Waals surface area (Å²) in [7, 11) is -2.10. The minimum Gasteiger partial charge on any atom is -0.497 e. The molecule has 0 spiro atoms. The number of thioether (sulfide) groups is 1. The highest BCUT2D eigenvalue weighted by molar-refractivity contribution is 7.98. The zero-order valence-electron chi connectivity index (χ0n) is 18.9. The molecule has 4 rings (SSSR count). The lowest BCUT2D eigenvalue weighted by Crippen LogP contribution is -2.41. The number of carbonyl (C=O) groups excluding carboxylic acids is 1. The van der Waals surface area contributed by atoms with Gasteiger partial charge in [0.15, 0.2) is 0 Å². The Morgan fingerprint density at radius 1 is 1.12 bits per heavy atom. The van der Waals surface area contributed by atoms with Crippen LogP contribution in [0.4, 0.5) is 6.01 Å². The van der Waals surface area contributed by atoms with Gasteiger partial charge in [0.25, 0.3) is 0 Å². The zero-order chi connectivity index (χ0) is 24.1. The summed E-state index contributed by atoms with van der Waals surface area (Å²) in [6.07, 6.45) is 3.30. The molecule has 0 saturated carbocycles. The quantitative estimate of drug-likeness (QED) is 0.466. The van der Waals surface area contributed by atoms with Crippen molar-refractivity contribution in [2.75, 3.05) is 31.8 Å². The Morgan fingerprint density at radius 3 is 2.41 bits per heavy atom. The third kappa shape index (κ3) is 5.60. The van der Waals surface area contributed by atoms with Crippen LogP contribution >= 0.6 is 11.8 Å². The van der Waals surface area contributed by atoms with E-state index in [4.69, 9.17) is 9.15 Å². The van der Waals surface area contributed by atoms with Crippen molar-refractivity contribution in [1.29, 1.82) is 0 Å². The SMILES string of the molecule is COc1ccc(S(=O)(=O)N2CCC(C(=O)Nc3nnc(Cc4ccc(SC)cc4)o3)CC2)cc1. The van der Waals surface area contributed by atoms with Gasteiger partial charge >= 0.3 is 6.01 Å². The Morgan fingerprint density at radius 2 is 1.79 bits per heavy atom. The van der Waals surface area contributed by atoms with Gasteiger partial charge in [0.1, 0.15) is 5.75 Å². The van der Waals surface area contributed by atoms with Crippen molar-refractivity contribution in [2.45, 2.75) is 29.1 Å². The molecule has 1 fully saturated rings. The molecule has 3 aromatic rings. The fourth-order valence-electron chi connectivity index (χ4n) is 3.76. The molecule has 9 nitrogen and oxygen atoms in total. The summed E-state index contributed by atoms with van der Waals surface area (Å²) in [5.41, 5.74) is 1.03. The molecule has 34 heavy (non-hydrogen) atoms. The van der Waals surface area contributed by atoms with Crippen LogP contribution in [0.1, 0.15) is 24.3 Å². The molecule has 1 N–H and O–H groups in total. The summed E-state index contributed by atoms with van der Waals surface area (Å²) in [4.78, 5) is 14.1. The van der Waals surface area contributed by atoms with Crippen molar-refractivity contribution < 1.29 is 22.4 Å². The van der Waals surface area contributed by atoms with E-state index in [0.717, 1.165) is 5.56 Å². The maximum Gasteiger partial charge on any atom is 0.322 e. The lowest BCUT2D eigenvalue weighted by atomic mass is 9.97. The molecule has 1 aliphatic rings. The van der Waals surface area contributed by atoms with Crippen molar-refractivity contribution in [3.63, 3.8) is 0 Å². The number of nitrogens with zero attached hydrogens (tertiary/aromatic N) is 3. The second-order valence-electron chi connectivity index (χ2n) is 7.87. The Kier molecular flexibility index (Phi) is 7.54. The lowest BCUT2D eigenvalue weighted by Gasteiger charge is -2.30. The number of hydrogen-bond donors (Lipinski definition) is 1. The molecule has 1 saturated heterocycles. The molecule has 2 heterocycles. The first-order valence-corrected chi connectivity index (χ1v) is 13.5. The number of nitrogens with one attached hydrogen (secondary N) is 1. The van der Waals surface area contributed by atoms with Crippen molar-refractivity contribution in [1.82, 2.24) is 14.5 Å². The molecular formula is C23H26N4O5S2. The molecule has 1 amide bonds. The van der Waals surface area contributed by atoms with Gasteiger partial charge < -0.3 is 9.15 Å². The summed E-state index contributed by atoms with van der Waals surface area (Å²) in [6, 6.07) is 14.4. The fraction of sp³-hybridized carbons (Fsp3) is 0.348. The van der Waals surface area contributed by atoms with Crippen molar-refractivity contribution >= 4 is 33.7 Å². The van der Waals surface area contributed by atoms with Gasteiger partial charge in [-0.1, -0.05) is 17.2 Å². The van der Waals surface area contributed by atoms with Crippen LogP contribution in [0.3, 0.4) is 0 Å². The standard InChI is InChI=1S/C23H26N4O5S2/c1-31-18-5-9-20(10-6-18)34(29,30)27-13-11-17(12-14-27)22(28)24-23-26-25-21(32-23)15-16-3-7-19(33-2)8-4-16/h3-10,17H,11-15H2,1-2H3,(H,24,26,28). The molecule has 1 aliphatic heterocycles. The van der Waals surface area contributed by atoms with Crippen LogP contribution in [0, 0.1) is 5.92 Å². The van der Waals surface area contributed by atoms with E-state index in [1.54, 1.807) is 23.9 Å². The predicted octanol–water partition coefficient (Wildman–Crippen LogP) is 3.43. The molecule has 0 unspecified atom stereocenters. The topological polar surface area (TPSA) is 115 Å². The summed E-state index contributed by atoms with van der Waals surface area (Å²) in [5, 5.41) is 10.6. The van der Waals surface area contributed by atoms with E-state index in [1.807, 2.05) is 30.5 Å². The number of methoxy groups -OCH3 is 1. The van der Waals surface area contributed by atoms with Gasteiger partial charge in [-0.05, 0) is 61.1 Å². The van der Waals surface area contributed by atoms with Gasteiger partial charge in [0, 0.05) is 23.9 Å². The van der Waals surface area contributed by atoms with Gasteiger partial charge in [-0.25, -0.2) is 8.42 Å². The molecule has 0 bridgehead atoms. The van der Waals surface area contributed by atoms with Crippen molar-refractivity contribution in [3.8, 4) is 5.75 Å². The number of carbonyl (C=O) groups is 1. The van der Waals surface area contributed by atoms with Crippen LogP contribution in [0.15, 0.2) is 62.7 Å². The number of rotatable bonds is 8. The lowest BCUT2D eigenvalue weighted by molar-refractivity contribution is -0.121. The molecular weight excluding hydrogens is 476 g/mol. The monoisotopic (exact) mass is 502 g/mol. The smallest absolute Gasteiger partial charge is 0.322 e. The molecule has 0 atom stereocenters. The second kappa shape index (κ2) is 10.6. The van der Waals surface area contributed by atoms with Gasteiger partial charge in [0.05, 0.1) is 18.4 Å². The van der Waals surface area contributed by atoms with E-state index in [2.05, 4.69) is 15.5 Å². The van der Waals surface area contributed by atoms with Crippen LogP contribution < -0.4 is 10.1 Å². The number of sulfonamides is 1. The summed E-state index contributed by atoms with van der Waals surface area (Å²) >= 11 is 1.67. The number of amides is 1. The fourth-order valence-corrected chi connectivity index (χ4v) is 5.63. The number of benzene rings is 2. The minimum absolute atomic E-state index is 0.0500. The second-order valence-corrected chi connectivity index (χ2v) is 10.7. The third-order valence-electron chi connectivity index (χ3n) is 5.73. The Bertz CT molecular complexity index is 1220. The van der Waals surface area contributed by atoms with Gasteiger partial charge in [-0.15, -0.1) is 16.9 Å². The Labute approximate surface area is 202 Å². The van der Waals surface area contributed by atoms with Crippen LogP contribution in [-0.4, -0.2) is 55.3 Å². The largest absolute Gasteiger partial charge is 0.497 e. The minimum atomic E-state index is -3.62. The first-order chi connectivity index (χ1) is 16.4. The van der Waals surface area contributed by atoms with E-state index in [0.29, 0.717) is 30.9 Å². The molecule has 0 aliphatic carbocycles.